The standard InChI is InChI=1S/C18H16F3N7/c1-17(5-6-17)27-15-12(18(19,20)21)10-23-16(26-15)25-13-3-2-4-14-11(13)9-24-28(14)8-7-22/h2-4,9-10H,5-6,8H2,1H3,(H2,23,25,26,27). The Morgan fingerprint density at radius 3 is 2.75 bits per heavy atom. The number of benzene rings is 1. The Labute approximate surface area is 158 Å². The molecule has 0 radical (unpaired) electrons. The summed E-state index contributed by atoms with van der Waals surface area (Å²) in [5.41, 5.74) is 0.0444. The fourth-order valence-electron chi connectivity index (χ4n) is 2.87. The van der Waals surface area contributed by atoms with Crippen molar-refractivity contribution in [3.05, 3.63) is 36.2 Å². The van der Waals surface area contributed by atoms with Crippen LogP contribution in [0, 0.1) is 11.3 Å². The molecule has 28 heavy (non-hydrogen) atoms. The molecule has 0 spiro atoms. The van der Waals surface area contributed by atoms with Crippen LogP contribution in [0.5, 0.6) is 0 Å². The number of anilines is 3. The average Bonchev–Trinajstić information content (AvgIpc) is 3.20. The van der Waals surface area contributed by atoms with Crippen molar-refractivity contribution in [2.24, 2.45) is 0 Å². The van der Waals surface area contributed by atoms with Crippen molar-refractivity contribution in [3.63, 3.8) is 0 Å². The van der Waals surface area contributed by atoms with Crippen molar-refractivity contribution in [1.29, 1.82) is 5.26 Å². The lowest BCUT2D eigenvalue weighted by Gasteiger charge is -2.18. The highest BCUT2D eigenvalue weighted by molar-refractivity contribution is 5.92. The Balaban J connectivity index is 1.70. The number of nitrogens with one attached hydrogen (secondary N) is 2. The van der Waals surface area contributed by atoms with E-state index in [-0.39, 0.29) is 23.8 Å². The molecule has 0 unspecified atom stereocenters. The molecule has 1 aliphatic carbocycles. The van der Waals surface area contributed by atoms with E-state index in [2.05, 4.69) is 25.7 Å². The molecule has 0 saturated heterocycles. The summed E-state index contributed by atoms with van der Waals surface area (Å²) < 4.78 is 41.5. The maximum absolute atomic E-state index is 13.3. The Bertz CT molecular complexity index is 1080. The SMILES string of the molecule is CC1(Nc2nc(Nc3cccc4c3cnn4CC#N)ncc2C(F)(F)F)CC1. The van der Waals surface area contributed by atoms with Crippen molar-refractivity contribution in [3.8, 4) is 6.07 Å². The van der Waals surface area contributed by atoms with Gasteiger partial charge in [-0.25, -0.2) is 4.98 Å². The van der Waals surface area contributed by atoms with Crippen LogP contribution in [-0.2, 0) is 12.7 Å². The van der Waals surface area contributed by atoms with Gasteiger partial charge in [-0.1, -0.05) is 6.07 Å². The molecule has 0 atom stereocenters. The predicted molar refractivity (Wildman–Crippen MR) is 96.9 cm³/mol. The van der Waals surface area contributed by atoms with Gasteiger partial charge in [0.1, 0.15) is 17.9 Å². The van der Waals surface area contributed by atoms with E-state index in [0.717, 1.165) is 24.6 Å². The number of aromatic nitrogens is 4. The van der Waals surface area contributed by atoms with E-state index in [9.17, 15) is 13.2 Å². The number of nitrogens with zero attached hydrogens (tertiary/aromatic N) is 5. The lowest BCUT2D eigenvalue weighted by molar-refractivity contribution is -0.137. The number of alkyl halides is 3. The predicted octanol–water partition coefficient (Wildman–Crippen LogP) is 4.08. The highest BCUT2D eigenvalue weighted by Crippen LogP contribution is 2.41. The molecule has 7 nitrogen and oxygen atoms in total. The van der Waals surface area contributed by atoms with Gasteiger partial charge in [0.15, 0.2) is 0 Å². The van der Waals surface area contributed by atoms with Crippen LogP contribution in [0.1, 0.15) is 25.3 Å². The molecule has 2 heterocycles. The van der Waals surface area contributed by atoms with Crippen LogP contribution in [0.15, 0.2) is 30.6 Å². The van der Waals surface area contributed by atoms with Gasteiger partial charge in [0.2, 0.25) is 5.95 Å². The molecule has 1 aliphatic rings. The molecule has 1 saturated carbocycles. The highest BCUT2D eigenvalue weighted by atomic mass is 19.4. The highest BCUT2D eigenvalue weighted by Gasteiger charge is 2.42. The number of hydrogen-bond donors (Lipinski definition) is 2. The quantitative estimate of drug-likeness (QED) is 0.686. The lowest BCUT2D eigenvalue weighted by Crippen LogP contribution is -2.21. The lowest BCUT2D eigenvalue weighted by atomic mass is 10.2. The molecule has 2 N–H and O–H groups in total. The summed E-state index contributed by atoms with van der Waals surface area (Å²) in [5, 5.41) is 19.6. The fraction of sp³-hybridized carbons (Fsp3) is 0.333. The second-order valence-electron chi connectivity index (χ2n) is 6.96. The van der Waals surface area contributed by atoms with E-state index < -0.39 is 11.7 Å². The topological polar surface area (TPSA) is 91.5 Å². The summed E-state index contributed by atoms with van der Waals surface area (Å²) in [7, 11) is 0. The third-order valence-electron chi connectivity index (χ3n) is 4.67. The van der Waals surface area contributed by atoms with Crippen LogP contribution >= 0.6 is 0 Å². The van der Waals surface area contributed by atoms with E-state index in [4.69, 9.17) is 5.26 Å². The number of nitriles is 1. The van der Waals surface area contributed by atoms with Crippen molar-refractivity contribution < 1.29 is 13.2 Å². The zero-order valence-electron chi connectivity index (χ0n) is 14.9. The third kappa shape index (κ3) is 3.43. The van der Waals surface area contributed by atoms with Gasteiger partial charge in [0.25, 0.3) is 0 Å². The van der Waals surface area contributed by atoms with Crippen molar-refractivity contribution in [2.75, 3.05) is 10.6 Å². The molecule has 0 bridgehead atoms. The van der Waals surface area contributed by atoms with Crippen molar-refractivity contribution in [2.45, 2.75) is 38.0 Å². The Kier molecular flexibility index (Phi) is 4.10. The largest absolute Gasteiger partial charge is 0.421 e. The fourth-order valence-corrected chi connectivity index (χ4v) is 2.87. The molecule has 3 aromatic rings. The Hall–Kier alpha value is -3.35. The molecule has 10 heteroatoms. The zero-order chi connectivity index (χ0) is 19.9. The van der Waals surface area contributed by atoms with Crippen LogP contribution in [0.25, 0.3) is 10.9 Å². The summed E-state index contributed by atoms with van der Waals surface area (Å²) >= 11 is 0. The molecule has 2 aromatic heterocycles. The van der Waals surface area contributed by atoms with Crippen LogP contribution in [-0.4, -0.2) is 25.3 Å². The van der Waals surface area contributed by atoms with Crippen LogP contribution in [0.2, 0.25) is 0 Å². The number of halogens is 3. The monoisotopic (exact) mass is 387 g/mol. The smallest absolute Gasteiger partial charge is 0.364 e. The van der Waals surface area contributed by atoms with Gasteiger partial charge in [0, 0.05) is 17.1 Å². The van der Waals surface area contributed by atoms with E-state index in [1.165, 1.54) is 4.68 Å². The van der Waals surface area contributed by atoms with Gasteiger partial charge >= 0.3 is 6.18 Å². The van der Waals surface area contributed by atoms with Gasteiger partial charge in [-0.2, -0.15) is 28.5 Å². The van der Waals surface area contributed by atoms with Crippen LogP contribution in [0.3, 0.4) is 0 Å². The summed E-state index contributed by atoms with van der Waals surface area (Å²) in [4.78, 5) is 7.92. The number of hydrogen-bond acceptors (Lipinski definition) is 6. The first-order valence-electron chi connectivity index (χ1n) is 8.60. The Morgan fingerprint density at radius 2 is 2.07 bits per heavy atom. The molecule has 1 fully saturated rings. The molecule has 1 aromatic carbocycles. The first kappa shape index (κ1) is 18.0. The maximum Gasteiger partial charge on any atom is 0.421 e. The molecule has 4 rings (SSSR count). The van der Waals surface area contributed by atoms with E-state index in [1.807, 2.05) is 13.0 Å². The number of rotatable bonds is 5. The van der Waals surface area contributed by atoms with Crippen LogP contribution < -0.4 is 10.6 Å². The molecular formula is C18H16F3N7. The minimum atomic E-state index is -4.55. The minimum absolute atomic E-state index is 0.0419. The Morgan fingerprint density at radius 1 is 1.29 bits per heavy atom. The zero-order valence-corrected chi connectivity index (χ0v) is 14.9. The van der Waals surface area contributed by atoms with Gasteiger partial charge in [-0.05, 0) is 31.9 Å². The number of fused-ring (bicyclic) bond motifs is 1. The van der Waals surface area contributed by atoms with Gasteiger partial charge in [-0.15, -0.1) is 0 Å². The van der Waals surface area contributed by atoms with Crippen molar-refractivity contribution in [1.82, 2.24) is 19.7 Å². The molecule has 0 amide bonds. The summed E-state index contributed by atoms with van der Waals surface area (Å²) in [5.74, 6) is -0.197. The van der Waals surface area contributed by atoms with Gasteiger partial charge in [0.05, 0.1) is 23.5 Å². The van der Waals surface area contributed by atoms with E-state index in [0.29, 0.717) is 11.1 Å². The minimum Gasteiger partial charge on any atom is -0.364 e. The molecular weight excluding hydrogens is 371 g/mol. The van der Waals surface area contributed by atoms with E-state index in [1.54, 1.807) is 24.4 Å². The third-order valence-corrected chi connectivity index (χ3v) is 4.67. The summed E-state index contributed by atoms with van der Waals surface area (Å²) in [6, 6.07) is 7.34. The van der Waals surface area contributed by atoms with Crippen LogP contribution in [0.4, 0.5) is 30.6 Å². The first-order chi connectivity index (χ1) is 13.3. The van der Waals surface area contributed by atoms with Gasteiger partial charge < -0.3 is 10.6 Å². The van der Waals surface area contributed by atoms with Gasteiger partial charge in [-0.3, -0.25) is 4.68 Å². The summed E-state index contributed by atoms with van der Waals surface area (Å²) in [6.45, 7) is 1.95. The second-order valence-corrected chi connectivity index (χ2v) is 6.96. The van der Waals surface area contributed by atoms with E-state index >= 15 is 0 Å². The average molecular weight is 387 g/mol. The molecule has 144 valence electrons. The maximum atomic E-state index is 13.3. The normalized spacial score (nSPS) is 15.2. The molecule has 0 aliphatic heterocycles. The second kappa shape index (κ2) is 6.37. The van der Waals surface area contributed by atoms with Crippen molar-refractivity contribution >= 4 is 28.4 Å². The summed E-state index contributed by atoms with van der Waals surface area (Å²) in [6.07, 6.45) is -0.612. The first-order valence-corrected chi connectivity index (χ1v) is 8.60.